The number of ether oxygens (including phenoxy) is 5. The number of aliphatic hydroxyl groups is 1. The van der Waals surface area contributed by atoms with Crippen molar-refractivity contribution in [2.75, 3.05) is 26.3 Å². The van der Waals surface area contributed by atoms with Crippen molar-refractivity contribution >= 4 is 28.9 Å². The first-order valence-electron chi connectivity index (χ1n) is 11.1. The minimum atomic E-state index is -0.646. The Morgan fingerprint density at radius 1 is 1.21 bits per heavy atom. The van der Waals surface area contributed by atoms with E-state index in [4.69, 9.17) is 35.3 Å². The summed E-state index contributed by atoms with van der Waals surface area (Å²) in [6, 6.07) is 1.96. The van der Waals surface area contributed by atoms with E-state index in [0.717, 1.165) is 0 Å². The topological polar surface area (TPSA) is 128 Å². The van der Waals surface area contributed by atoms with Gasteiger partial charge in [0, 0.05) is 25.9 Å². The van der Waals surface area contributed by atoms with E-state index in [0.29, 0.717) is 48.7 Å². The standard InChI is InChI=1S/C21H27ClN4O7/c1-10(2)31-21(28)26-5-3-11(4-6-26)32-19-12(22)7-13-18(24-19)25-20(23-13)33-15-9-30-16-14(27)8-29-17(15)16/h7,10-11,14-17,27H,3-6,8-9H2,1-2H3,(H,23,24,25)/t14-,15-,16?,17?/m1/s1. The number of rotatable bonds is 5. The summed E-state index contributed by atoms with van der Waals surface area (Å²) in [6.45, 7) is 5.26. The SMILES string of the molecule is CC(C)OC(=O)N1CCC(Oc2nc3nc(O[C@@H]4COC5C4OC[C@H]5O)[nH]c3cc2Cl)CC1. The quantitative estimate of drug-likeness (QED) is 0.656. The van der Waals surface area contributed by atoms with Crippen LogP contribution in [0.2, 0.25) is 5.02 Å². The summed E-state index contributed by atoms with van der Waals surface area (Å²) in [4.78, 5) is 25.6. The van der Waals surface area contributed by atoms with E-state index >= 15 is 0 Å². The number of nitrogens with zero attached hydrogens (tertiary/aromatic N) is 3. The van der Waals surface area contributed by atoms with Gasteiger partial charge in [0.05, 0.1) is 24.8 Å². The van der Waals surface area contributed by atoms with Gasteiger partial charge in [-0.25, -0.2) is 4.79 Å². The van der Waals surface area contributed by atoms with Crippen molar-refractivity contribution in [2.45, 2.75) is 63.3 Å². The number of nitrogens with one attached hydrogen (secondary N) is 1. The van der Waals surface area contributed by atoms with Crippen molar-refractivity contribution in [3.8, 4) is 11.9 Å². The Morgan fingerprint density at radius 3 is 2.73 bits per heavy atom. The second kappa shape index (κ2) is 9.13. The lowest BCUT2D eigenvalue weighted by Crippen LogP contribution is -2.42. The molecule has 0 spiro atoms. The first-order valence-corrected chi connectivity index (χ1v) is 11.5. The molecule has 3 aliphatic rings. The molecule has 2 unspecified atom stereocenters. The molecule has 2 N–H and O–H groups in total. The van der Waals surface area contributed by atoms with E-state index in [1.165, 1.54) is 0 Å². The van der Waals surface area contributed by atoms with E-state index in [-0.39, 0.29) is 55.1 Å². The Labute approximate surface area is 195 Å². The maximum atomic E-state index is 12.1. The highest BCUT2D eigenvalue weighted by Crippen LogP contribution is 2.32. The molecule has 4 atom stereocenters. The minimum absolute atomic E-state index is 0.122. The average Bonchev–Trinajstić information content (AvgIpc) is 3.45. The Balaban J connectivity index is 1.21. The number of carbonyl (C=O) groups is 1. The molecule has 3 saturated heterocycles. The zero-order chi connectivity index (χ0) is 23.1. The number of halogens is 1. The van der Waals surface area contributed by atoms with E-state index in [9.17, 15) is 9.90 Å². The highest BCUT2D eigenvalue weighted by molar-refractivity contribution is 6.32. The lowest BCUT2D eigenvalue weighted by atomic mass is 10.1. The van der Waals surface area contributed by atoms with Crippen LogP contribution in [-0.2, 0) is 14.2 Å². The van der Waals surface area contributed by atoms with Gasteiger partial charge >= 0.3 is 6.09 Å². The van der Waals surface area contributed by atoms with Gasteiger partial charge in [0.15, 0.2) is 11.8 Å². The van der Waals surface area contributed by atoms with Gasteiger partial charge in [-0.3, -0.25) is 0 Å². The zero-order valence-electron chi connectivity index (χ0n) is 18.4. The molecule has 1 amide bonds. The second-order valence-electron chi connectivity index (χ2n) is 8.74. The Kier molecular flexibility index (Phi) is 6.21. The number of imidazole rings is 1. The van der Waals surface area contributed by atoms with Gasteiger partial charge in [-0.1, -0.05) is 11.6 Å². The molecular weight excluding hydrogens is 456 g/mol. The highest BCUT2D eigenvalue weighted by atomic mass is 35.5. The number of aromatic amines is 1. The third kappa shape index (κ3) is 4.68. The molecule has 2 aromatic heterocycles. The number of fused-ring (bicyclic) bond motifs is 2. The molecule has 5 rings (SSSR count). The predicted octanol–water partition coefficient (Wildman–Crippen LogP) is 1.91. The van der Waals surface area contributed by atoms with Crippen molar-refractivity contribution in [3.05, 3.63) is 11.1 Å². The number of aliphatic hydroxyl groups excluding tert-OH is 1. The average molecular weight is 483 g/mol. The fourth-order valence-electron chi connectivity index (χ4n) is 4.30. The summed E-state index contributed by atoms with van der Waals surface area (Å²) in [5, 5.41) is 10.2. The Hall–Kier alpha value is -2.34. The minimum Gasteiger partial charge on any atom is -0.473 e. The van der Waals surface area contributed by atoms with E-state index in [2.05, 4.69) is 15.0 Å². The van der Waals surface area contributed by atoms with Crippen LogP contribution in [0.5, 0.6) is 11.9 Å². The molecule has 0 radical (unpaired) electrons. The monoisotopic (exact) mass is 482 g/mol. The van der Waals surface area contributed by atoms with Gasteiger partial charge in [-0.15, -0.1) is 0 Å². The fraction of sp³-hybridized carbons (Fsp3) is 0.667. The molecule has 33 heavy (non-hydrogen) atoms. The van der Waals surface area contributed by atoms with Crippen LogP contribution < -0.4 is 9.47 Å². The first-order chi connectivity index (χ1) is 15.9. The van der Waals surface area contributed by atoms with E-state index < -0.39 is 6.10 Å². The molecule has 180 valence electrons. The number of aromatic nitrogens is 3. The number of H-pyrrole nitrogens is 1. The van der Waals surface area contributed by atoms with Crippen LogP contribution in [0.3, 0.4) is 0 Å². The number of carbonyl (C=O) groups excluding carboxylic acids is 1. The summed E-state index contributed by atoms with van der Waals surface area (Å²) in [5.41, 5.74) is 1.02. The zero-order valence-corrected chi connectivity index (χ0v) is 19.2. The first kappa shape index (κ1) is 22.5. The van der Waals surface area contributed by atoms with Crippen molar-refractivity contribution in [1.29, 1.82) is 0 Å². The molecule has 0 aromatic carbocycles. The van der Waals surface area contributed by atoms with Crippen LogP contribution in [0.1, 0.15) is 26.7 Å². The molecule has 0 aliphatic carbocycles. The highest BCUT2D eigenvalue weighted by Gasteiger charge is 2.48. The molecule has 5 heterocycles. The van der Waals surface area contributed by atoms with Crippen LogP contribution >= 0.6 is 11.6 Å². The van der Waals surface area contributed by atoms with Crippen LogP contribution in [0, 0.1) is 0 Å². The number of piperidine rings is 1. The maximum Gasteiger partial charge on any atom is 0.410 e. The van der Waals surface area contributed by atoms with Gasteiger partial charge in [-0.2, -0.15) is 9.97 Å². The van der Waals surface area contributed by atoms with Crippen LogP contribution in [0.15, 0.2) is 6.07 Å². The predicted molar refractivity (Wildman–Crippen MR) is 116 cm³/mol. The molecule has 2 aromatic rings. The number of amides is 1. The van der Waals surface area contributed by atoms with Gasteiger partial charge in [0.25, 0.3) is 6.01 Å². The summed E-state index contributed by atoms with van der Waals surface area (Å²) < 4.78 is 28.4. The summed E-state index contributed by atoms with van der Waals surface area (Å²) >= 11 is 6.40. The van der Waals surface area contributed by atoms with Crippen molar-refractivity contribution < 1.29 is 33.6 Å². The van der Waals surface area contributed by atoms with Gasteiger partial charge in [0.1, 0.15) is 29.4 Å². The van der Waals surface area contributed by atoms with Crippen molar-refractivity contribution in [2.24, 2.45) is 0 Å². The Bertz CT molecular complexity index is 1010. The normalized spacial score (nSPS) is 27.8. The van der Waals surface area contributed by atoms with Crippen LogP contribution in [0.25, 0.3) is 11.2 Å². The van der Waals surface area contributed by atoms with Gasteiger partial charge < -0.3 is 38.7 Å². The van der Waals surface area contributed by atoms with E-state index in [1.54, 1.807) is 11.0 Å². The molecular formula is C21H27ClN4O7. The van der Waals surface area contributed by atoms with Gasteiger partial charge in [-0.05, 0) is 19.9 Å². The Morgan fingerprint density at radius 2 is 1.97 bits per heavy atom. The molecule has 11 nitrogen and oxygen atoms in total. The largest absolute Gasteiger partial charge is 0.473 e. The summed E-state index contributed by atoms with van der Waals surface area (Å²) in [6.07, 6.45) is -1.03. The number of hydrogen-bond donors (Lipinski definition) is 2. The third-order valence-corrected chi connectivity index (χ3v) is 6.20. The molecule has 3 fully saturated rings. The van der Waals surface area contributed by atoms with Crippen molar-refractivity contribution in [3.63, 3.8) is 0 Å². The lowest BCUT2D eigenvalue weighted by molar-refractivity contribution is 0.00706. The smallest absolute Gasteiger partial charge is 0.410 e. The molecule has 0 bridgehead atoms. The molecule has 3 aliphatic heterocycles. The second-order valence-corrected chi connectivity index (χ2v) is 9.15. The van der Waals surface area contributed by atoms with Crippen LogP contribution in [-0.4, -0.2) is 94.0 Å². The van der Waals surface area contributed by atoms with Crippen LogP contribution in [0.4, 0.5) is 4.79 Å². The van der Waals surface area contributed by atoms with E-state index in [1.807, 2.05) is 13.8 Å². The molecule has 12 heteroatoms. The fourth-order valence-corrected chi connectivity index (χ4v) is 4.49. The molecule has 0 saturated carbocycles. The lowest BCUT2D eigenvalue weighted by Gasteiger charge is -2.31. The number of pyridine rings is 1. The van der Waals surface area contributed by atoms with Crippen molar-refractivity contribution in [1.82, 2.24) is 19.9 Å². The number of hydrogen-bond acceptors (Lipinski definition) is 9. The van der Waals surface area contributed by atoms with Gasteiger partial charge in [0.2, 0.25) is 5.88 Å². The third-order valence-electron chi connectivity index (χ3n) is 5.93. The number of likely N-dealkylation sites (tertiary alicyclic amines) is 1. The summed E-state index contributed by atoms with van der Waals surface area (Å²) in [5.74, 6) is 0.289. The maximum absolute atomic E-state index is 12.1. The summed E-state index contributed by atoms with van der Waals surface area (Å²) in [7, 11) is 0.